The summed E-state index contributed by atoms with van der Waals surface area (Å²) >= 11 is 0. The Morgan fingerprint density at radius 2 is 1.80 bits per heavy atom. The molecule has 3 nitrogen and oxygen atoms in total. The molecule has 0 amide bonds. The molecule has 0 bridgehead atoms. The second-order valence-corrected chi connectivity index (χ2v) is 3.88. The molecule has 0 aromatic rings. The van der Waals surface area contributed by atoms with E-state index in [4.69, 9.17) is 4.89 Å². The number of hydrogen-bond acceptors (Lipinski definition) is 1. The quantitative estimate of drug-likeness (QED) is 0.696. The topological polar surface area (TPSA) is 49.3 Å². The van der Waals surface area contributed by atoms with Crippen molar-refractivity contribution in [2.24, 2.45) is 0 Å². The van der Waals surface area contributed by atoms with E-state index < -0.39 is 7.52 Å². The number of rotatable bonds is 3. The third kappa shape index (κ3) is 8.73. The van der Waals surface area contributed by atoms with Crippen molar-refractivity contribution >= 4 is 32.3 Å². The highest BCUT2D eigenvalue weighted by Crippen LogP contribution is 2.33. The summed E-state index contributed by atoms with van der Waals surface area (Å²) in [4.78, 5) is 8.77. The molecule has 6 heteroatoms. The van der Waals surface area contributed by atoms with Gasteiger partial charge < -0.3 is 4.89 Å². The fourth-order valence-electron chi connectivity index (χ4n) is 0.359. The van der Waals surface area contributed by atoms with E-state index in [0.717, 1.165) is 0 Å². The van der Waals surface area contributed by atoms with Gasteiger partial charge in [-0.2, -0.15) is 0 Å². The third-order valence-corrected chi connectivity index (χ3v) is 2.50. The monoisotopic (exact) mass is 209 g/mol. The van der Waals surface area contributed by atoms with Crippen molar-refractivity contribution in [1.82, 2.24) is 5.09 Å². The van der Waals surface area contributed by atoms with Crippen LogP contribution in [0.4, 0.5) is 0 Å². The van der Waals surface area contributed by atoms with Crippen LogP contribution >= 0.6 is 32.3 Å². The van der Waals surface area contributed by atoms with Crippen molar-refractivity contribution < 1.29 is 9.46 Å². The van der Waals surface area contributed by atoms with E-state index in [0.29, 0.717) is 12.7 Å². The summed E-state index contributed by atoms with van der Waals surface area (Å²) in [5, 5.41) is 2.48. The van der Waals surface area contributed by atoms with Crippen molar-refractivity contribution in [2.75, 3.05) is 12.7 Å². The van der Waals surface area contributed by atoms with Gasteiger partial charge in [0.1, 0.15) is 0 Å². The van der Waals surface area contributed by atoms with E-state index >= 15 is 0 Å². The number of nitrogens with one attached hydrogen (secondary N) is 1. The SMILES string of the molecule is CCNP(=O)(O)CC.Cl.Cl. The molecule has 10 heavy (non-hydrogen) atoms. The first-order valence-electron chi connectivity index (χ1n) is 2.69. The average molecular weight is 210 g/mol. The van der Waals surface area contributed by atoms with Gasteiger partial charge >= 0.3 is 0 Å². The zero-order valence-electron chi connectivity index (χ0n) is 6.03. The van der Waals surface area contributed by atoms with E-state index in [1.54, 1.807) is 13.8 Å². The van der Waals surface area contributed by atoms with E-state index in [-0.39, 0.29) is 24.8 Å². The Bertz CT molecular complexity index is 111. The summed E-state index contributed by atoms with van der Waals surface area (Å²) in [7, 11) is -2.92. The maximum Gasteiger partial charge on any atom is 0.266 e. The van der Waals surface area contributed by atoms with Crippen LogP contribution in [-0.4, -0.2) is 17.6 Å². The van der Waals surface area contributed by atoms with Crippen LogP contribution < -0.4 is 5.09 Å². The summed E-state index contributed by atoms with van der Waals surface area (Å²) < 4.78 is 10.6. The van der Waals surface area contributed by atoms with Gasteiger partial charge in [0.05, 0.1) is 0 Å². The highest BCUT2D eigenvalue weighted by Gasteiger charge is 2.10. The summed E-state index contributed by atoms with van der Waals surface area (Å²) in [5.74, 6) is 0. The van der Waals surface area contributed by atoms with Crippen molar-refractivity contribution in [2.45, 2.75) is 13.8 Å². The van der Waals surface area contributed by atoms with Gasteiger partial charge in [-0.15, -0.1) is 24.8 Å². The molecule has 0 rings (SSSR count). The van der Waals surface area contributed by atoms with Gasteiger partial charge in [-0.05, 0) is 0 Å². The third-order valence-electron chi connectivity index (χ3n) is 0.834. The molecule has 1 unspecified atom stereocenters. The minimum atomic E-state index is -2.92. The molecule has 2 N–H and O–H groups in total. The zero-order valence-corrected chi connectivity index (χ0v) is 8.56. The van der Waals surface area contributed by atoms with Crippen molar-refractivity contribution in [3.8, 4) is 0 Å². The largest absolute Gasteiger partial charge is 0.333 e. The molecule has 0 aliphatic carbocycles. The minimum Gasteiger partial charge on any atom is -0.333 e. The first kappa shape index (κ1) is 17.0. The molecule has 0 aliphatic heterocycles. The van der Waals surface area contributed by atoms with Gasteiger partial charge in [0.25, 0.3) is 7.52 Å². The molecule has 0 spiro atoms. The van der Waals surface area contributed by atoms with Gasteiger partial charge in [-0.1, -0.05) is 13.8 Å². The molecule has 0 radical (unpaired) electrons. The Hall–Kier alpha value is 0.730. The maximum atomic E-state index is 10.6. The molecular formula is C4H14Cl2NO2P. The second-order valence-electron chi connectivity index (χ2n) is 1.53. The summed E-state index contributed by atoms with van der Waals surface area (Å²) in [6.45, 7) is 4.05. The zero-order chi connectivity index (χ0) is 6.62. The summed E-state index contributed by atoms with van der Waals surface area (Å²) in [6, 6.07) is 0. The maximum absolute atomic E-state index is 10.6. The average Bonchev–Trinajstić information content (AvgIpc) is 1.67. The standard InChI is InChI=1S/C4H12NO2P.2ClH/c1-3-5-8(6,7)4-2;;/h3-4H2,1-2H3,(H2,5,6,7);2*1H. The van der Waals surface area contributed by atoms with E-state index in [9.17, 15) is 4.57 Å². The Morgan fingerprint density at radius 1 is 1.40 bits per heavy atom. The molecular weight excluding hydrogens is 196 g/mol. The van der Waals surface area contributed by atoms with Gasteiger partial charge in [-0.25, -0.2) is 5.09 Å². The van der Waals surface area contributed by atoms with Crippen LogP contribution in [0.5, 0.6) is 0 Å². The molecule has 0 saturated carbocycles. The molecule has 66 valence electrons. The Morgan fingerprint density at radius 3 is 1.90 bits per heavy atom. The van der Waals surface area contributed by atoms with E-state index in [1.165, 1.54) is 0 Å². The van der Waals surface area contributed by atoms with Gasteiger partial charge in [0.2, 0.25) is 0 Å². The highest BCUT2D eigenvalue weighted by molar-refractivity contribution is 7.55. The van der Waals surface area contributed by atoms with Gasteiger partial charge in [0.15, 0.2) is 0 Å². The van der Waals surface area contributed by atoms with E-state index in [2.05, 4.69) is 5.09 Å². The fraction of sp³-hybridized carbons (Fsp3) is 1.00. The van der Waals surface area contributed by atoms with Crippen LogP contribution in [0.25, 0.3) is 0 Å². The fourth-order valence-corrected chi connectivity index (χ4v) is 1.08. The molecule has 1 atom stereocenters. The first-order chi connectivity index (χ1) is 3.62. The van der Waals surface area contributed by atoms with Crippen molar-refractivity contribution in [3.63, 3.8) is 0 Å². The lowest BCUT2D eigenvalue weighted by molar-refractivity contribution is 0.466. The lowest BCUT2D eigenvalue weighted by Gasteiger charge is -2.06. The molecule has 0 fully saturated rings. The Kier molecular flexibility index (Phi) is 13.3. The van der Waals surface area contributed by atoms with Gasteiger partial charge in [0, 0.05) is 12.7 Å². The van der Waals surface area contributed by atoms with Crippen molar-refractivity contribution in [1.29, 1.82) is 0 Å². The predicted molar refractivity (Wildman–Crippen MR) is 48.5 cm³/mol. The smallest absolute Gasteiger partial charge is 0.266 e. The first-order valence-corrected chi connectivity index (χ1v) is 4.53. The number of halogens is 2. The molecule has 0 aromatic carbocycles. The van der Waals surface area contributed by atoms with Crippen LogP contribution in [0.15, 0.2) is 0 Å². The second kappa shape index (κ2) is 7.83. The van der Waals surface area contributed by atoms with Crippen LogP contribution in [0.2, 0.25) is 0 Å². The lowest BCUT2D eigenvalue weighted by Crippen LogP contribution is -2.09. The van der Waals surface area contributed by atoms with Crippen LogP contribution in [0.3, 0.4) is 0 Å². The predicted octanol–water partition coefficient (Wildman–Crippen LogP) is 1.64. The highest BCUT2D eigenvalue weighted by atomic mass is 35.5. The lowest BCUT2D eigenvalue weighted by atomic mass is 10.8. The number of hydrogen-bond donors (Lipinski definition) is 2. The van der Waals surface area contributed by atoms with Gasteiger partial charge in [-0.3, -0.25) is 4.57 Å². The van der Waals surface area contributed by atoms with Crippen LogP contribution in [-0.2, 0) is 4.57 Å². The van der Waals surface area contributed by atoms with Crippen LogP contribution in [0.1, 0.15) is 13.8 Å². The minimum absolute atomic E-state index is 0. The Labute approximate surface area is 73.9 Å². The summed E-state index contributed by atoms with van der Waals surface area (Å²) in [5.41, 5.74) is 0. The summed E-state index contributed by atoms with van der Waals surface area (Å²) in [6.07, 6.45) is 0.306. The normalized spacial score (nSPS) is 14.3. The molecule has 0 aliphatic rings. The molecule has 0 saturated heterocycles. The van der Waals surface area contributed by atoms with E-state index in [1.807, 2.05) is 0 Å². The Balaban J connectivity index is -0.000000245. The van der Waals surface area contributed by atoms with Crippen LogP contribution in [0, 0.1) is 0 Å². The van der Waals surface area contributed by atoms with Crippen molar-refractivity contribution in [3.05, 3.63) is 0 Å². The molecule has 0 aromatic heterocycles. The molecule has 0 heterocycles.